The van der Waals surface area contributed by atoms with E-state index in [4.69, 9.17) is 9.47 Å². The minimum Gasteiger partial charge on any atom is -0.493 e. The fraction of sp³-hybridized carbons (Fsp3) is 0.259. The average molecular weight is 462 g/mol. The minimum absolute atomic E-state index is 0.00844. The number of nitrogens with zero attached hydrogens (tertiary/aromatic N) is 1. The number of halogens is 1. The molecule has 0 unspecified atom stereocenters. The SMILES string of the molecule is COc1ccc(CCNC(=O)CCCc2c(-c3ccccn3)[nH]c3ccc(F)cc23)cc1OC. The molecule has 2 N–H and O–H groups in total. The number of H-pyrrole nitrogens is 1. The molecule has 34 heavy (non-hydrogen) atoms. The maximum absolute atomic E-state index is 13.9. The van der Waals surface area contributed by atoms with Crippen LogP contribution in [0.4, 0.5) is 4.39 Å². The Morgan fingerprint density at radius 1 is 1.03 bits per heavy atom. The maximum Gasteiger partial charge on any atom is 0.220 e. The molecule has 0 bridgehead atoms. The van der Waals surface area contributed by atoms with Crippen molar-refractivity contribution >= 4 is 16.8 Å². The summed E-state index contributed by atoms with van der Waals surface area (Å²) in [6.45, 7) is 0.534. The molecule has 0 spiro atoms. The molecule has 0 aliphatic rings. The number of hydrogen-bond acceptors (Lipinski definition) is 4. The summed E-state index contributed by atoms with van der Waals surface area (Å²) in [6.07, 6.45) is 4.09. The maximum atomic E-state index is 13.9. The van der Waals surface area contributed by atoms with Gasteiger partial charge >= 0.3 is 0 Å². The van der Waals surface area contributed by atoms with Gasteiger partial charge in [-0.05, 0) is 72.9 Å². The summed E-state index contributed by atoms with van der Waals surface area (Å²) in [5.41, 5.74) is 4.56. The summed E-state index contributed by atoms with van der Waals surface area (Å²) < 4.78 is 24.5. The van der Waals surface area contributed by atoms with Crippen molar-refractivity contribution in [3.05, 3.63) is 77.7 Å². The van der Waals surface area contributed by atoms with Crippen LogP contribution in [0.2, 0.25) is 0 Å². The van der Waals surface area contributed by atoms with E-state index in [9.17, 15) is 9.18 Å². The zero-order valence-corrected chi connectivity index (χ0v) is 19.4. The third kappa shape index (κ3) is 5.36. The lowest BCUT2D eigenvalue weighted by atomic mass is 10.0. The Morgan fingerprint density at radius 3 is 2.65 bits per heavy atom. The van der Waals surface area contributed by atoms with Crippen molar-refractivity contribution in [1.29, 1.82) is 0 Å². The van der Waals surface area contributed by atoms with Crippen molar-refractivity contribution in [2.75, 3.05) is 20.8 Å². The molecule has 0 fully saturated rings. The van der Waals surface area contributed by atoms with E-state index in [1.807, 2.05) is 36.4 Å². The monoisotopic (exact) mass is 461 g/mol. The number of aromatic amines is 1. The zero-order chi connectivity index (χ0) is 23.9. The van der Waals surface area contributed by atoms with Gasteiger partial charge in [0.25, 0.3) is 0 Å². The Morgan fingerprint density at radius 2 is 1.88 bits per heavy atom. The van der Waals surface area contributed by atoms with Gasteiger partial charge in [0.05, 0.1) is 25.6 Å². The first kappa shape index (κ1) is 23.3. The van der Waals surface area contributed by atoms with Crippen LogP contribution >= 0.6 is 0 Å². The molecule has 0 aliphatic carbocycles. The van der Waals surface area contributed by atoms with E-state index in [0.29, 0.717) is 43.7 Å². The predicted octanol–water partition coefficient (Wildman–Crippen LogP) is 5.07. The van der Waals surface area contributed by atoms with Crippen LogP contribution in [0.15, 0.2) is 60.8 Å². The van der Waals surface area contributed by atoms with Crippen molar-refractivity contribution in [2.24, 2.45) is 0 Å². The Labute approximate surface area is 198 Å². The molecule has 4 aromatic rings. The molecule has 0 saturated heterocycles. The van der Waals surface area contributed by atoms with E-state index in [0.717, 1.165) is 33.4 Å². The molecule has 7 heteroatoms. The van der Waals surface area contributed by atoms with Gasteiger partial charge in [0, 0.05) is 30.1 Å². The van der Waals surface area contributed by atoms with Crippen LogP contribution in [-0.4, -0.2) is 36.6 Å². The summed E-state index contributed by atoms with van der Waals surface area (Å²) in [6, 6.07) is 16.2. The summed E-state index contributed by atoms with van der Waals surface area (Å²) in [5.74, 6) is 1.06. The summed E-state index contributed by atoms with van der Waals surface area (Å²) in [7, 11) is 3.20. The van der Waals surface area contributed by atoms with E-state index < -0.39 is 0 Å². The predicted molar refractivity (Wildman–Crippen MR) is 131 cm³/mol. The molecule has 0 aliphatic heterocycles. The summed E-state index contributed by atoms with van der Waals surface area (Å²) >= 11 is 0. The lowest BCUT2D eigenvalue weighted by molar-refractivity contribution is -0.121. The number of nitrogens with one attached hydrogen (secondary N) is 2. The van der Waals surface area contributed by atoms with Crippen molar-refractivity contribution < 1.29 is 18.7 Å². The van der Waals surface area contributed by atoms with Crippen LogP contribution in [-0.2, 0) is 17.6 Å². The van der Waals surface area contributed by atoms with Gasteiger partial charge in [-0.1, -0.05) is 12.1 Å². The third-order valence-corrected chi connectivity index (χ3v) is 5.80. The smallest absolute Gasteiger partial charge is 0.220 e. The molecule has 0 radical (unpaired) electrons. The van der Waals surface area contributed by atoms with E-state index in [1.54, 1.807) is 26.5 Å². The second-order valence-corrected chi connectivity index (χ2v) is 8.03. The number of aromatic nitrogens is 2. The van der Waals surface area contributed by atoms with Crippen LogP contribution in [0.3, 0.4) is 0 Å². The highest BCUT2D eigenvalue weighted by Crippen LogP contribution is 2.31. The van der Waals surface area contributed by atoms with Crippen molar-refractivity contribution in [3.63, 3.8) is 0 Å². The first-order valence-electron chi connectivity index (χ1n) is 11.3. The zero-order valence-electron chi connectivity index (χ0n) is 19.4. The van der Waals surface area contributed by atoms with Crippen LogP contribution in [0.25, 0.3) is 22.3 Å². The molecule has 6 nitrogen and oxygen atoms in total. The molecular weight excluding hydrogens is 433 g/mol. The molecule has 4 rings (SSSR count). The van der Waals surface area contributed by atoms with Gasteiger partial charge in [-0.15, -0.1) is 0 Å². The molecule has 2 aromatic heterocycles. The van der Waals surface area contributed by atoms with E-state index >= 15 is 0 Å². The highest BCUT2D eigenvalue weighted by atomic mass is 19.1. The van der Waals surface area contributed by atoms with Crippen LogP contribution in [0.1, 0.15) is 24.0 Å². The third-order valence-electron chi connectivity index (χ3n) is 5.80. The lowest BCUT2D eigenvalue weighted by Gasteiger charge is -2.10. The number of carbonyl (C=O) groups is 1. The van der Waals surface area contributed by atoms with Gasteiger partial charge < -0.3 is 19.8 Å². The van der Waals surface area contributed by atoms with Crippen molar-refractivity contribution in [1.82, 2.24) is 15.3 Å². The number of fused-ring (bicyclic) bond motifs is 1. The van der Waals surface area contributed by atoms with Crippen molar-refractivity contribution in [3.8, 4) is 22.9 Å². The molecule has 0 atom stereocenters. The minimum atomic E-state index is -0.284. The second-order valence-electron chi connectivity index (χ2n) is 8.03. The number of hydrogen-bond donors (Lipinski definition) is 2. The van der Waals surface area contributed by atoms with Crippen LogP contribution in [0, 0.1) is 5.82 Å². The molecule has 176 valence electrons. The Kier molecular flexibility index (Phi) is 7.42. The van der Waals surface area contributed by atoms with E-state index in [-0.39, 0.29) is 11.7 Å². The fourth-order valence-electron chi connectivity index (χ4n) is 4.11. The first-order valence-corrected chi connectivity index (χ1v) is 11.3. The van der Waals surface area contributed by atoms with E-state index in [2.05, 4.69) is 15.3 Å². The standard InChI is InChI=1S/C27H28FN3O3/c1-33-24-12-9-18(16-25(24)34-2)13-15-30-26(32)8-5-6-20-21-17-19(28)10-11-22(21)31-27(20)23-7-3-4-14-29-23/h3-4,7,9-12,14,16-17,31H,5-6,8,13,15H2,1-2H3,(H,30,32). The van der Waals surface area contributed by atoms with Crippen LogP contribution in [0.5, 0.6) is 11.5 Å². The molecular formula is C27H28FN3O3. The largest absolute Gasteiger partial charge is 0.493 e. The summed E-state index contributed by atoms with van der Waals surface area (Å²) in [4.78, 5) is 20.2. The highest BCUT2D eigenvalue weighted by Gasteiger charge is 2.15. The van der Waals surface area contributed by atoms with Gasteiger partial charge in [0.2, 0.25) is 5.91 Å². The van der Waals surface area contributed by atoms with E-state index in [1.165, 1.54) is 12.1 Å². The lowest BCUT2D eigenvalue weighted by Crippen LogP contribution is -2.25. The first-order chi connectivity index (χ1) is 16.6. The normalized spacial score (nSPS) is 10.9. The topological polar surface area (TPSA) is 76.2 Å². The fourth-order valence-corrected chi connectivity index (χ4v) is 4.11. The molecule has 0 saturated carbocycles. The molecule has 2 aromatic carbocycles. The molecule has 1 amide bonds. The number of amides is 1. The number of carbonyl (C=O) groups excluding carboxylic acids is 1. The highest BCUT2D eigenvalue weighted by molar-refractivity contribution is 5.90. The van der Waals surface area contributed by atoms with Gasteiger partial charge in [0.15, 0.2) is 11.5 Å². The summed E-state index contributed by atoms with van der Waals surface area (Å²) in [5, 5.41) is 3.81. The molecule has 2 heterocycles. The van der Waals surface area contributed by atoms with Gasteiger partial charge in [-0.2, -0.15) is 0 Å². The van der Waals surface area contributed by atoms with Gasteiger partial charge in [0.1, 0.15) is 5.82 Å². The number of ether oxygens (including phenoxy) is 2. The quantitative estimate of drug-likeness (QED) is 0.346. The average Bonchev–Trinajstić information content (AvgIpc) is 3.22. The number of rotatable bonds is 10. The number of methoxy groups -OCH3 is 2. The Balaban J connectivity index is 1.35. The van der Waals surface area contributed by atoms with Gasteiger partial charge in [-0.25, -0.2) is 4.39 Å². The Hall–Kier alpha value is -3.87. The van der Waals surface area contributed by atoms with Gasteiger partial charge in [-0.3, -0.25) is 9.78 Å². The number of benzene rings is 2. The van der Waals surface area contributed by atoms with Crippen molar-refractivity contribution in [2.45, 2.75) is 25.7 Å². The number of aryl methyl sites for hydroxylation is 1. The second kappa shape index (κ2) is 10.8. The Bertz CT molecular complexity index is 1270. The van der Waals surface area contributed by atoms with Crippen LogP contribution < -0.4 is 14.8 Å². The number of pyridine rings is 1.